The molecule has 0 bridgehead atoms. The Labute approximate surface area is 142 Å². The molecule has 2 aromatic rings. The average Bonchev–Trinajstić information content (AvgIpc) is 3.09. The number of benzene rings is 1. The summed E-state index contributed by atoms with van der Waals surface area (Å²) in [7, 11) is 1.34. The lowest BCUT2D eigenvalue weighted by Gasteiger charge is -2.13. The molecule has 136 valence electrons. The van der Waals surface area contributed by atoms with E-state index in [9.17, 15) is 18.0 Å². The van der Waals surface area contributed by atoms with E-state index in [1.54, 1.807) is 24.3 Å². The third-order valence-electron chi connectivity index (χ3n) is 3.30. The molecule has 1 N–H and O–H groups in total. The monoisotopic (exact) mass is 357 g/mol. The highest BCUT2D eigenvalue weighted by atomic mass is 19.4. The number of aryl methyl sites for hydroxylation is 1. The maximum atomic E-state index is 12.2. The summed E-state index contributed by atoms with van der Waals surface area (Å²) >= 11 is 0. The van der Waals surface area contributed by atoms with Crippen molar-refractivity contribution in [2.24, 2.45) is 0 Å². The molecule has 0 spiro atoms. The predicted octanol–water partition coefficient (Wildman–Crippen LogP) is 3.48. The van der Waals surface area contributed by atoms with E-state index in [0.29, 0.717) is 18.7 Å². The topological polar surface area (TPSA) is 60.7 Å². The second kappa shape index (κ2) is 8.46. The molecule has 0 saturated carbocycles. The minimum atomic E-state index is -4.42. The highest BCUT2D eigenvalue weighted by Gasteiger charge is 2.29. The van der Waals surface area contributed by atoms with Crippen LogP contribution >= 0.6 is 0 Å². The number of hydrogen-bond acceptors (Lipinski definition) is 4. The van der Waals surface area contributed by atoms with E-state index in [0.717, 1.165) is 5.56 Å². The van der Waals surface area contributed by atoms with Gasteiger partial charge in [0.1, 0.15) is 5.76 Å². The smallest absolute Gasteiger partial charge is 0.422 e. The molecule has 1 amide bonds. The van der Waals surface area contributed by atoms with Gasteiger partial charge in [-0.25, -0.2) is 0 Å². The van der Waals surface area contributed by atoms with Crippen LogP contribution in [0.4, 0.5) is 13.2 Å². The summed E-state index contributed by atoms with van der Waals surface area (Å²) in [6.45, 7) is -1.09. The van der Waals surface area contributed by atoms with Crippen molar-refractivity contribution in [3.8, 4) is 11.5 Å². The van der Waals surface area contributed by atoms with Crippen molar-refractivity contribution in [1.82, 2.24) is 5.32 Å². The molecule has 0 radical (unpaired) electrons. The third-order valence-corrected chi connectivity index (χ3v) is 3.30. The Kier molecular flexibility index (Phi) is 6.32. The number of rotatable bonds is 8. The van der Waals surface area contributed by atoms with Crippen LogP contribution in [0.3, 0.4) is 0 Å². The zero-order valence-corrected chi connectivity index (χ0v) is 13.6. The number of carbonyl (C=O) groups is 1. The van der Waals surface area contributed by atoms with Crippen LogP contribution in [0.5, 0.6) is 11.5 Å². The summed E-state index contributed by atoms with van der Waals surface area (Å²) in [5, 5.41) is 2.72. The van der Waals surface area contributed by atoms with Crippen LogP contribution in [0, 0.1) is 0 Å². The van der Waals surface area contributed by atoms with Gasteiger partial charge in [0.15, 0.2) is 18.1 Å². The van der Waals surface area contributed by atoms with Gasteiger partial charge in [0, 0.05) is 6.42 Å². The first-order chi connectivity index (χ1) is 11.9. The molecule has 2 rings (SSSR count). The maximum absolute atomic E-state index is 12.2. The molecule has 8 heteroatoms. The Bertz CT molecular complexity index is 684. The normalized spacial score (nSPS) is 11.2. The minimum Gasteiger partial charge on any atom is -0.493 e. The molecule has 0 aliphatic heterocycles. The number of methoxy groups -OCH3 is 1. The first-order valence-electron chi connectivity index (χ1n) is 7.53. The molecule has 0 saturated heterocycles. The summed E-state index contributed by atoms with van der Waals surface area (Å²) in [4.78, 5) is 11.8. The number of hydrogen-bond donors (Lipinski definition) is 1. The van der Waals surface area contributed by atoms with Gasteiger partial charge in [-0.1, -0.05) is 6.07 Å². The molecule has 1 aromatic carbocycles. The van der Waals surface area contributed by atoms with Crippen molar-refractivity contribution >= 4 is 5.91 Å². The fraction of sp³-hybridized carbons (Fsp3) is 0.353. The second-order valence-corrected chi connectivity index (χ2v) is 5.25. The predicted molar refractivity (Wildman–Crippen MR) is 83.4 cm³/mol. The van der Waals surface area contributed by atoms with Gasteiger partial charge in [-0.15, -0.1) is 0 Å². The van der Waals surface area contributed by atoms with Gasteiger partial charge in [-0.3, -0.25) is 4.79 Å². The van der Waals surface area contributed by atoms with Gasteiger partial charge in [0.2, 0.25) is 5.91 Å². The minimum absolute atomic E-state index is 0.00541. The third kappa shape index (κ3) is 6.40. The first kappa shape index (κ1) is 18.7. The largest absolute Gasteiger partial charge is 0.493 e. The number of ether oxygens (including phenoxy) is 2. The average molecular weight is 357 g/mol. The Morgan fingerprint density at radius 1 is 1.24 bits per heavy atom. The molecule has 0 aliphatic carbocycles. The SMILES string of the molecule is COc1cc(CCC(=O)NCc2ccco2)ccc1OCC(F)(F)F. The van der Waals surface area contributed by atoms with Crippen LogP contribution in [0.25, 0.3) is 0 Å². The summed E-state index contributed by atoms with van der Waals surface area (Å²) < 4.78 is 51.5. The molecule has 25 heavy (non-hydrogen) atoms. The van der Waals surface area contributed by atoms with E-state index in [1.807, 2.05) is 0 Å². The molecular formula is C17H18F3NO4. The number of furan rings is 1. The zero-order chi connectivity index (χ0) is 18.3. The quantitative estimate of drug-likeness (QED) is 0.786. The second-order valence-electron chi connectivity index (χ2n) is 5.25. The number of amides is 1. The fourth-order valence-electron chi connectivity index (χ4n) is 2.09. The first-order valence-corrected chi connectivity index (χ1v) is 7.53. The van der Waals surface area contributed by atoms with Crippen molar-refractivity contribution in [1.29, 1.82) is 0 Å². The van der Waals surface area contributed by atoms with Crippen molar-refractivity contribution in [3.05, 3.63) is 47.9 Å². The van der Waals surface area contributed by atoms with E-state index in [-0.39, 0.29) is 23.8 Å². The lowest BCUT2D eigenvalue weighted by Crippen LogP contribution is -2.22. The van der Waals surface area contributed by atoms with Crippen LogP contribution < -0.4 is 14.8 Å². The molecule has 1 aromatic heterocycles. The van der Waals surface area contributed by atoms with Crippen molar-refractivity contribution in [2.45, 2.75) is 25.6 Å². The van der Waals surface area contributed by atoms with Crippen molar-refractivity contribution in [2.75, 3.05) is 13.7 Å². The molecule has 0 fully saturated rings. The molecule has 0 aliphatic rings. The van der Waals surface area contributed by atoms with Gasteiger partial charge < -0.3 is 19.2 Å². The zero-order valence-electron chi connectivity index (χ0n) is 13.6. The summed E-state index contributed by atoms with van der Waals surface area (Å²) in [5.74, 6) is 0.692. The van der Waals surface area contributed by atoms with Crippen LogP contribution in [-0.4, -0.2) is 25.8 Å². The highest BCUT2D eigenvalue weighted by Crippen LogP contribution is 2.30. The molecule has 0 atom stereocenters. The van der Waals surface area contributed by atoms with E-state index in [4.69, 9.17) is 13.9 Å². The van der Waals surface area contributed by atoms with Crippen LogP contribution in [0.1, 0.15) is 17.7 Å². The van der Waals surface area contributed by atoms with Crippen LogP contribution in [0.15, 0.2) is 41.0 Å². The highest BCUT2D eigenvalue weighted by molar-refractivity contribution is 5.76. The van der Waals surface area contributed by atoms with E-state index < -0.39 is 12.8 Å². The maximum Gasteiger partial charge on any atom is 0.422 e. The van der Waals surface area contributed by atoms with Crippen LogP contribution in [0.2, 0.25) is 0 Å². The van der Waals surface area contributed by atoms with Crippen LogP contribution in [-0.2, 0) is 17.8 Å². The van der Waals surface area contributed by atoms with E-state index in [2.05, 4.69) is 5.32 Å². The number of alkyl halides is 3. The fourth-order valence-corrected chi connectivity index (χ4v) is 2.09. The lowest BCUT2D eigenvalue weighted by atomic mass is 10.1. The Morgan fingerprint density at radius 2 is 2.04 bits per heavy atom. The van der Waals surface area contributed by atoms with E-state index in [1.165, 1.54) is 19.4 Å². The summed E-state index contributed by atoms with van der Waals surface area (Å²) in [6, 6.07) is 8.06. The van der Waals surface area contributed by atoms with Gasteiger partial charge >= 0.3 is 6.18 Å². The molecule has 1 heterocycles. The van der Waals surface area contributed by atoms with Gasteiger partial charge in [-0.2, -0.15) is 13.2 Å². The molecule has 0 unspecified atom stereocenters. The Morgan fingerprint density at radius 3 is 2.68 bits per heavy atom. The van der Waals surface area contributed by atoms with E-state index >= 15 is 0 Å². The number of nitrogens with one attached hydrogen (secondary N) is 1. The van der Waals surface area contributed by atoms with Crippen molar-refractivity contribution < 1.29 is 31.9 Å². The van der Waals surface area contributed by atoms with Gasteiger partial charge in [0.05, 0.1) is 19.9 Å². The molecule has 5 nitrogen and oxygen atoms in total. The van der Waals surface area contributed by atoms with Gasteiger partial charge in [0.25, 0.3) is 0 Å². The lowest BCUT2D eigenvalue weighted by molar-refractivity contribution is -0.153. The number of halogens is 3. The Hall–Kier alpha value is -2.64. The molecular weight excluding hydrogens is 339 g/mol. The van der Waals surface area contributed by atoms with Gasteiger partial charge in [-0.05, 0) is 36.2 Å². The standard InChI is InChI=1S/C17H18F3NO4/c1-23-15-9-12(4-6-14(15)25-11-17(18,19)20)5-7-16(22)21-10-13-3-2-8-24-13/h2-4,6,8-9H,5,7,10-11H2,1H3,(H,21,22). The summed E-state index contributed by atoms with van der Waals surface area (Å²) in [6.07, 6.45) is -2.25. The number of carbonyl (C=O) groups excluding carboxylic acids is 1. The van der Waals surface area contributed by atoms with Crippen molar-refractivity contribution in [3.63, 3.8) is 0 Å². The summed E-state index contributed by atoms with van der Waals surface area (Å²) in [5.41, 5.74) is 0.754. The Balaban J connectivity index is 1.86.